The van der Waals surface area contributed by atoms with Crippen molar-refractivity contribution in [3.63, 3.8) is 0 Å². The van der Waals surface area contributed by atoms with E-state index in [4.69, 9.17) is 5.11 Å². The average Bonchev–Trinajstić information content (AvgIpc) is 2.89. The summed E-state index contributed by atoms with van der Waals surface area (Å²) >= 11 is 0. The molecule has 6 nitrogen and oxygen atoms in total. The molecule has 0 spiro atoms. The number of carboxylic acids is 1. The third-order valence-corrected chi connectivity index (χ3v) is 3.02. The van der Waals surface area contributed by atoms with Crippen LogP contribution in [-0.4, -0.2) is 22.1 Å². The number of amides is 1. The Morgan fingerprint density at radius 3 is 2.72 bits per heavy atom. The molecule has 2 N–H and O–H groups in total. The van der Waals surface area contributed by atoms with Gasteiger partial charge in [-0.25, -0.2) is 0 Å². The lowest BCUT2D eigenvalue weighted by molar-refractivity contribution is -0.147. The SMILES string of the molecule is O=C(O)[C@H]1CC=CC[C@H]1C(=O)NCc1ccon1. The smallest absolute Gasteiger partial charge is 0.307 e. The molecule has 0 unspecified atom stereocenters. The first-order valence-electron chi connectivity index (χ1n) is 5.73. The number of aliphatic carboxylic acids is 1. The quantitative estimate of drug-likeness (QED) is 0.776. The van der Waals surface area contributed by atoms with E-state index in [0.717, 1.165) is 0 Å². The lowest BCUT2D eigenvalue weighted by Gasteiger charge is -2.23. The fourth-order valence-corrected chi connectivity index (χ4v) is 2.01. The second kappa shape index (κ2) is 5.48. The second-order valence-corrected chi connectivity index (χ2v) is 4.20. The van der Waals surface area contributed by atoms with E-state index in [-0.39, 0.29) is 12.5 Å². The van der Waals surface area contributed by atoms with Crippen LogP contribution in [0.3, 0.4) is 0 Å². The van der Waals surface area contributed by atoms with Crippen molar-refractivity contribution in [2.75, 3.05) is 0 Å². The molecule has 6 heteroatoms. The number of aromatic nitrogens is 1. The standard InChI is InChI=1S/C12H14N2O4/c15-11(13-7-8-5-6-18-14-8)9-3-1-2-4-10(9)12(16)17/h1-2,5-6,9-10H,3-4,7H2,(H,13,15)(H,16,17)/t9-,10+/m1/s1. The first-order chi connectivity index (χ1) is 8.68. The minimum atomic E-state index is -0.930. The molecule has 0 saturated heterocycles. The van der Waals surface area contributed by atoms with Gasteiger partial charge in [0.25, 0.3) is 0 Å². The Labute approximate surface area is 104 Å². The van der Waals surface area contributed by atoms with Gasteiger partial charge in [0.05, 0.1) is 18.4 Å². The van der Waals surface area contributed by atoms with Crippen LogP contribution in [0.4, 0.5) is 0 Å². The Kier molecular flexibility index (Phi) is 3.76. The molecule has 0 saturated carbocycles. The number of hydrogen-bond acceptors (Lipinski definition) is 4. The molecule has 0 aliphatic heterocycles. The number of hydrogen-bond donors (Lipinski definition) is 2. The van der Waals surface area contributed by atoms with E-state index in [1.54, 1.807) is 12.1 Å². The molecular weight excluding hydrogens is 236 g/mol. The van der Waals surface area contributed by atoms with Crippen molar-refractivity contribution in [3.8, 4) is 0 Å². The van der Waals surface area contributed by atoms with E-state index in [2.05, 4.69) is 15.0 Å². The Morgan fingerprint density at radius 1 is 1.39 bits per heavy atom. The van der Waals surface area contributed by atoms with Crippen LogP contribution < -0.4 is 5.32 Å². The Hall–Kier alpha value is -2.11. The highest BCUT2D eigenvalue weighted by molar-refractivity contribution is 5.85. The fourth-order valence-electron chi connectivity index (χ4n) is 2.01. The number of nitrogens with one attached hydrogen (secondary N) is 1. The number of nitrogens with zero attached hydrogens (tertiary/aromatic N) is 1. The minimum absolute atomic E-state index is 0.252. The zero-order valence-electron chi connectivity index (χ0n) is 9.70. The highest BCUT2D eigenvalue weighted by atomic mass is 16.5. The van der Waals surface area contributed by atoms with Gasteiger partial charge in [0.15, 0.2) is 0 Å². The molecule has 0 fully saturated rings. The van der Waals surface area contributed by atoms with Crippen LogP contribution in [0.5, 0.6) is 0 Å². The van der Waals surface area contributed by atoms with Crippen molar-refractivity contribution in [1.82, 2.24) is 10.5 Å². The molecule has 0 bridgehead atoms. The first kappa shape index (κ1) is 12.3. The van der Waals surface area contributed by atoms with Crippen LogP contribution >= 0.6 is 0 Å². The first-order valence-corrected chi connectivity index (χ1v) is 5.73. The Bertz CT molecular complexity index is 453. The molecule has 1 aliphatic rings. The van der Waals surface area contributed by atoms with Gasteiger partial charge in [-0.2, -0.15) is 0 Å². The molecule has 0 radical (unpaired) electrons. The summed E-state index contributed by atoms with van der Waals surface area (Å²) < 4.78 is 4.65. The van der Waals surface area contributed by atoms with Crippen LogP contribution in [0.25, 0.3) is 0 Å². The number of allylic oxidation sites excluding steroid dienone is 2. The highest BCUT2D eigenvalue weighted by Crippen LogP contribution is 2.26. The molecule has 96 valence electrons. The topological polar surface area (TPSA) is 92.4 Å². The van der Waals surface area contributed by atoms with Gasteiger partial charge >= 0.3 is 5.97 Å². The van der Waals surface area contributed by atoms with Gasteiger partial charge in [-0.3, -0.25) is 9.59 Å². The van der Waals surface area contributed by atoms with Gasteiger partial charge in [0.1, 0.15) is 12.0 Å². The van der Waals surface area contributed by atoms with Crippen LogP contribution in [0.15, 0.2) is 29.0 Å². The summed E-state index contributed by atoms with van der Waals surface area (Å²) in [5.41, 5.74) is 0.613. The van der Waals surface area contributed by atoms with Gasteiger partial charge in [0.2, 0.25) is 5.91 Å². The molecule has 1 heterocycles. The minimum Gasteiger partial charge on any atom is -0.481 e. The third-order valence-electron chi connectivity index (χ3n) is 3.02. The lowest BCUT2D eigenvalue weighted by Crippen LogP contribution is -2.38. The number of carbonyl (C=O) groups is 2. The molecule has 18 heavy (non-hydrogen) atoms. The molecule has 1 aromatic rings. The maximum atomic E-state index is 11.9. The molecule has 2 rings (SSSR count). The van der Waals surface area contributed by atoms with Crippen LogP contribution in [-0.2, 0) is 16.1 Å². The summed E-state index contributed by atoms with van der Waals surface area (Å²) in [6.45, 7) is 0.252. The van der Waals surface area contributed by atoms with Gasteiger partial charge in [0, 0.05) is 6.07 Å². The second-order valence-electron chi connectivity index (χ2n) is 4.20. The fraction of sp³-hybridized carbons (Fsp3) is 0.417. The molecule has 1 amide bonds. The van der Waals surface area contributed by atoms with E-state index >= 15 is 0 Å². The van der Waals surface area contributed by atoms with E-state index in [1.807, 2.05) is 6.08 Å². The summed E-state index contributed by atoms with van der Waals surface area (Å²) in [5.74, 6) is -2.35. The van der Waals surface area contributed by atoms with E-state index in [9.17, 15) is 9.59 Å². The maximum absolute atomic E-state index is 11.9. The molecule has 2 atom stereocenters. The summed E-state index contributed by atoms with van der Waals surface area (Å²) in [4.78, 5) is 23.0. The highest BCUT2D eigenvalue weighted by Gasteiger charge is 2.33. The number of carboxylic acid groups (broad SMARTS) is 1. The van der Waals surface area contributed by atoms with Crippen molar-refractivity contribution < 1.29 is 19.2 Å². The summed E-state index contributed by atoms with van der Waals surface area (Å²) in [6.07, 6.45) is 5.93. The van der Waals surface area contributed by atoms with Crippen molar-refractivity contribution in [3.05, 3.63) is 30.2 Å². The van der Waals surface area contributed by atoms with E-state index < -0.39 is 17.8 Å². The van der Waals surface area contributed by atoms with Crippen molar-refractivity contribution in [1.29, 1.82) is 0 Å². The summed E-state index contributed by atoms with van der Waals surface area (Å²) in [5, 5.41) is 15.4. The average molecular weight is 250 g/mol. The molecule has 0 aromatic carbocycles. The Morgan fingerprint density at radius 2 is 2.11 bits per heavy atom. The monoisotopic (exact) mass is 250 g/mol. The van der Waals surface area contributed by atoms with Gasteiger partial charge in [-0.1, -0.05) is 17.3 Å². The maximum Gasteiger partial charge on any atom is 0.307 e. The van der Waals surface area contributed by atoms with E-state index in [0.29, 0.717) is 18.5 Å². The van der Waals surface area contributed by atoms with Crippen molar-refractivity contribution in [2.45, 2.75) is 19.4 Å². The molecule has 1 aliphatic carbocycles. The number of rotatable bonds is 4. The van der Waals surface area contributed by atoms with E-state index in [1.165, 1.54) is 6.26 Å². The Balaban J connectivity index is 1.94. The largest absolute Gasteiger partial charge is 0.481 e. The molecule has 1 aromatic heterocycles. The normalized spacial score (nSPS) is 22.7. The molecular formula is C12H14N2O4. The zero-order valence-corrected chi connectivity index (χ0v) is 9.70. The summed E-state index contributed by atoms with van der Waals surface area (Å²) in [6, 6.07) is 1.65. The lowest BCUT2D eigenvalue weighted by atomic mass is 9.82. The zero-order chi connectivity index (χ0) is 13.0. The van der Waals surface area contributed by atoms with Crippen LogP contribution in [0.2, 0.25) is 0 Å². The third kappa shape index (κ3) is 2.77. The van der Waals surface area contributed by atoms with Gasteiger partial charge < -0.3 is 14.9 Å². The number of carbonyl (C=O) groups excluding carboxylic acids is 1. The predicted molar refractivity (Wildman–Crippen MR) is 61.3 cm³/mol. The van der Waals surface area contributed by atoms with Gasteiger partial charge in [-0.15, -0.1) is 0 Å². The predicted octanol–water partition coefficient (Wildman–Crippen LogP) is 0.958. The van der Waals surface area contributed by atoms with Crippen LogP contribution in [0.1, 0.15) is 18.5 Å². The summed E-state index contributed by atoms with van der Waals surface area (Å²) in [7, 11) is 0. The van der Waals surface area contributed by atoms with Crippen molar-refractivity contribution in [2.24, 2.45) is 11.8 Å². The van der Waals surface area contributed by atoms with Crippen LogP contribution in [0, 0.1) is 11.8 Å². The van der Waals surface area contributed by atoms with Gasteiger partial charge in [-0.05, 0) is 12.8 Å². The van der Waals surface area contributed by atoms with Crippen molar-refractivity contribution >= 4 is 11.9 Å².